The second-order valence-corrected chi connectivity index (χ2v) is 5.95. The van der Waals surface area contributed by atoms with Crippen LogP contribution in [0.5, 0.6) is 0 Å². The highest BCUT2D eigenvalue weighted by Gasteiger charge is 2.07. The van der Waals surface area contributed by atoms with E-state index in [1.807, 2.05) is 31.2 Å². The van der Waals surface area contributed by atoms with Gasteiger partial charge in [-0.2, -0.15) is 0 Å². The van der Waals surface area contributed by atoms with E-state index in [-0.39, 0.29) is 0 Å². The lowest BCUT2D eigenvalue weighted by molar-refractivity contribution is 0.602. The molecule has 0 aliphatic rings. The normalized spacial score (nSPS) is 12.9. The SMILES string of the molecule is CN=C(NS(=O)(=O)/C=C/c1ccc(C)cc1)SC. The Morgan fingerprint density at radius 1 is 1.33 bits per heavy atom. The summed E-state index contributed by atoms with van der Waals surface area (Å²) in [6, 6.07) is 7.59. The highest BCUT2D eigenvalue weighted by atomic mass is 32.2. The topological polar surface area (TPSA) is 58.5 Å². The highest BCUT2D eigenvalue weighted by molar-refractivity contribution is 8.14. The Bertz CT molecular complexity index is 546. The third-order valence-electron chi connectivity index (χ3n) is 2.14. The van der Waals surface area contributed by atoms with Gasteiger partial charge in [0.2, 0.25) is 0 Å². The van der Waals surface area contributed by atoms with E-state index < -0.39 is 10.0 Å². The van der Waals surface area contributed by atoms with Crippen molar-refractivity contribution < 1.29 is 8.42 Å². The molecule has 0 radical (unpaired) electrons. The van der Waals surface area contributed by atoms with Gasteiger partial charge in [-0.15, -0.1) is 0 Å². The monoisotopic (exact) mass is 284 g/mol. The van der Waals surface area contributed by atoms with Gasteiger partial charge in [0.15, 0.2) is 5.17 Å². The molecule has 0 amide bonds. The molecule has 18 heavy (non-hydrogen) atoms. The number of thioether (sulfide) groups is 1. The molecule has 98 valence electrons. The number of hydrogen-bond acceptors (Lipinski definition) is 4. The number of nitrogens with zero attached hydrogens (tertiary/aromatic N) is 1. The fraction of sp³-hybridized carbons (Fsp3) is 0.250. The summed E-state index contributed by atoms with van der Waals surface area (Å²) in [4.78, 5) is 3.81. The maximum atomic E-state index is 11.7. The molecule has 0 aromatic heterocycles. The maximum Gasteiger partial charge on any atom is 0.256 e. The molecular weight excluding hydrogens is 268 g/mol. The molecule has 0 atom stereocenters. The Morgan fingerprint density at radius 2 is 1.94 bits per heavy atom. The maximum absolute atomic E-state index is 11.7. The summed E-state index contributed by atoms with van der Waals surface area (Å²) in [7, 11) is -1.96. The Labute approximate surface area is 112 Å². The van der Waals surface area contributed by atoms with Crippen molar-refractivity contribution >= 4 is 33.0 Å². The molecular formula is C12H16N2O2S2. The Hall–Kier alpha value is -1.27. The minimum Gasteiger partial charge on any atom is -0.265 e. The van der Waals surface area contributed by atoms with Crippen molar-refractivity contribution in [3.63, 3.8) is 0 Å². The van der Waals surface area contributed by atoms with Gasteiger partial charge in [-0.3, -0.25) is 9.71 Å². The zero-order chi connectivity index (χ0) is 13.6. The average Bonchev–Trinajstić information content (AvgIpc) is 2.35. The van der Waals surface area contributed by atoms with Crippen molar-refractivity contribution in [1.29, 1.82) is 0 Å². The third-order valence-corrected chi connectivity index (χ3v) is 3.92. The van der Waals surface area contributed by atoms with E-state index in [2.05, 4.69) is 9.71 Å². The van der Waals surface area contributed by atoms with Crippen LogP contribution in [0, 0.1) is 6.92 Å². The molecule has 0 aliphatic heterocycles. The van der Waals surface area contributed by atoms with Crippen molar-refractivity contribution in [3.05, 3.63) is 40.8 Å². The molecule has 0 heterocycles. The first kappa shape index (κ1) is 14.8. The van der Waals surface area contributed by atoms with Crippen molar-refractivity contribution in [3.8, 4) is 0 Å². The molecule has 0 bridgehead atoms. The predicted octanol–water partition coefficient (Wildman–Crippen LogP) is 2.23. The Kier molecular flexibility index (Phi) is 5.43. The number of hydrogen-bond donors (Lipinski definition) is 1. The van der Waals surface area contributed by atoms with Gasteiger partial charge in [-0.25, -0.2) is 8.42 Å². The Morgan fingerprint density at radius 3 is 2.44 bits per heavy atom. The van der Waals surface area contributed by atoms with Crippen LogP contribution in [0.3, 0.4) is 0 Å². The molecule has 6 heteroatoms. The number of aliphatic imine (C=N–C) groups is 1. The van der Waals surface area contributed by atoms with Crippen molar-refractivity contribution in [2.24, 2.45) is 4.99 Å². The molecule has 0 fully saturated rings. The molecule has 0 unspecified atom stereocenters. The molecule has 0 saturated heterocycles. The van der Waals surface area contributed by atoms with Crippen LogP contribution in [0.15, 0.2) is 34.7 Å². The van der Waals surface area contributed by atoms with E-state index in [4.69, 9.17) is 0 Å². The summed E-state index contributed by atoms with van der Waals surface area (Å²) >= 11 is 1.25. The Balaban J connectivity index is 2.80. The molecule has 0 saturated carbocycles. The van der Waals surface area contributed by atoms with Gasteiger partial charge < -0.3 is 0 Å². The number of sulfonamides is 1. The molecule has 0 spiro atoms. The van der Waals surface area contributed by atoms with Crippen LogP contribution in [0.2, 0.25) is 0 Å². The van der Waals surface area contributed by atoms with Crippen LogP contribution in [0.4, 0.5) is 0 Å². The second-order valence-electron chi connectivity index (χ2n) is 3.59. The summed E-state index contributed by atoms with van der Waals surface area (Å²) in [6.45, 7) is 1.98. The lowest BCUT2D eigenvalue weighted by Crippen LogP contribution is -2.26. The molecule has 1 aromatic rings. The number of nitrogens with one attached hydrogen (secondary N) is 1. The van der Waals surface area contributed by atoms with E-state index in [1.54, 1.807) is 12.3 Å². The fourth-order valence-electron chi connectivity index (χ4n) is 1.18. The largest absolute Gasteiger partial charge is 0.265 e. The van der Waals surface area contributed by atoms with E-state index in [0.717, 1.165) is 16.5 Å². The number of aryl methyl sites for hydroxylation is 1. The zero-order valence-electron chi connectivity index (χ0n) is 10.5. The second kappa shape index (κ2) is 6.61. The molecule has 1 aromatic carbocycles. The smallest absolute Gasteiger partial charge is 0.256 e. The first-order valence-corrected chi connectivity index (χ1v) is 8.02. The lowest BCUT2D eigenvalue weighted by atomic mass is 10.2. The van der Waals surface area contributed by atoms with Gasteiger partial charge in [-0.1, -0.05) is 41.6 Å². The molecule has 0 aliphatic carbocycles. The highest BCUT2D eigenvalue weighted by Crippen LogP contribution is 2.06. The summed E-state index contributed by atoms with van der Waals surface area (Å²) in [5.41, 5.74) is 1.97. The van der Waals surface area contributed by atoms with Gasteiger partial charge in [0.25, 0.3) is 10.0 Å². The molecule has 1 rings (SSSR count). The standard InChI is InChI=1S/C12H16N2O2S2/c1-10-4-6-11(7-5-10)8-9-18(15,16)14-12(13-2)17-3/h4-9H,1-3H3,(H,13,14)/b9-8+. The van der Waals surface area contributed by atoms with Gasteiger partial charge >= 0.3 is 0 Å². The average molecular weight is 284 g/mol. The van der Waals surface area contributed by atoms with E-state index in [1.165, 1.54) is 18.8 Å². The summed E-state index contributed by atoms with van der Waals surface area (Å²) < 4.78 is 25.8. The van der Waals surface area contributed by atoms with Crippen LogP contribution in [-0.4, -0.2) is 26.9 Å². The van der Waals surface area contributed by atoms with Crippen LogP contribution in [0.25, 0.3) is 6.08 Å². The fourth-order valence-corrected chi connectivity index (χ4v) is 2.78. The van der Waals surface area contributed by atoms with Gasteiger partial charge in [-0.05, 0) is 24.8 Å². The van der Waals surface area contributed by atoms with Crippen LogP contribution in [0.1, 0.15) is 11.1 Å². The van der Waals surface area contributed by atoms with Gasteiger partial charge in [0.05, 0.1) is 5.41 Å². The van der Waals surface area contributed by atoms with Gasteiger partial charge in [0, 0.05) is 7.05 Å². The quantitative estimate of drug-likeness (QED) is 0.684. The first-order valence-electron chi connectivity index (χ1n) is 5.25. The number of rotatable bonds is 3. The number of amidine groups is 1. The van der Waals surface area contributed by atoms with Gasteiger partial charge in [0.1, 0.15) is 0 Å². The minimum absolute atomic E-state index is 0.364. The number of benzene rings is 1. The molecule has 1 N–H and O–H groups in total. The lowest BCUT2D eigenvalue weighted by Gasteiger charge is -2.03. The van der Waals surface area contributed by atoms with Crippen molar-refractivity contribution in [2.75, 3.05) is 13.3 Å². The van der Waals surface area contributed by atoms with E-state index in [0.29, 0.717) is 5.17 Å². The molecule has 4 nitrogen and oxygen atoms in total. The third kappa shape index (κ3) is 4.93. The van der Waals surface area contributed by atoms with E-state index in [9.17, 15) is 8.42 Å². The van der Waals surface area contributed by atoms with Crippen LogP contribution >= 0.6 is 11.8 Å². The zero-order valence-corrected chi connectivity index (χ0v) is 12.2. The van der Waals surface area contributed by atoms with Crippen molar-refractivity contribution in [1.82, 2.24) is 4.72 Å². The van der Waals surface area contributed by atoms with Crippen molar-refractivity contribution in [2.45, 2.75) is 6.92 Å². The summed E-state index contributed by atoms with van der Waals surface area (Å²) in [6.07, 6.45) is 3.31. The van der Waals surface area contributed by atoms with E-state index >= 15 is 0 Å². The summed E-state index contributed by atoms with van der Waals surface area (Å²) in [5.74, 6) is 0. The minimum atomic E-state index is -3.50. The van der Waals surface area contributed by atoms with Crippen LogP contribution in [-0.2, 0) is 10.0 Å². The predicted molar refractivity (Wildman–Crippen MR) is 79.1 cm³/mol. The van der Waals surface area contributed by atoms with Crippen LogP contribution < -0.4 is 4.72 Å². The first-order chi connectivity index (χ1) is 8.46. The summed E-state index contributed by atoms with van der Waals surface area (Å²) in [5, 5.41) is 1.50.